The van der Waals surface area contributed by atoms with Crippen LogP contribution in [0.15, 0.2) is 34.6 Å². The standard InChI is InChI=1S/C13H16N6O3S.ClH/c1-14-5-6-15-12(20)9-3-4-11(10(7-9)19(21)22)23-13-17-16-8-18(13)2;/h3-4,7-8,14H,5-6H2,1-2H3,(H,15,20);1H. The molecule has 9 nitrogen and oxygen atoms in total. The smallest absolute Gasteiger partial charge is 0.284 e. The van der Waals surface area contributed by atoms with Crippen LogP contribution in [-0.4, -0.2) is 45.7 Å². The van der Waals surface area contributed by atoms with Crippen molar-refractivity contribution in [2.24, 2.45) is 7.05 Å². The lowest BCUT2D eigenvalue weighted by atomic mass is 10.2. The van der Waals surface area contributed by atoms with E-state index in [-0.39, 0.29) is 29.6 Å². The fourth-order valence-corrected chi connectivity index (χ4v) is 2.60. The molecule has 0 bridgehead atoms. The predicted octanol–water partition coefficient (Wildman–Crippen LogP) is 1.25. The van der Waals surface area contributed by atoms with E-state index in [2.05, 4.69) is 20.8 Å². The SMILES string of the molecule is CNCCNC(=O)c1ccc(Sc2nncn2C)c([N+](=O)[O-])c1.Cl. The average Bonchev–Trinajstić information content (AvgIpc) is 2.92. The number of halogens is 1. The van der Waals surface area contributed by atoms with Crippen molar-refractivity contribution in [3.05, 3.63) is 40.2 Å². The van der Waals surface area contributed by atoms with Gasteiger partial charge in [0.1, 0.15) is 6.33 Å². The van der Waals surface area contributed by atoms with E-state index in [1.54, 1.807) is 30.8 Å². The first-order valence-corrected chi connectivity index (χ1v) is 7.57. The molecule has 1 heterocycles. The van der Waals surface area contributed by atoms with Crippen molar-refractivity contribution in [1.29, 1.82) is 0 Å². The van der Waals surface area contributed by atoms with E-state index in [1.807, 2.05) is 0 Å². The van der Waals surface area contributed by atoms with Crippen LogP contribution >= 0.6 is 24.2 Å². The van der Waals surface area contributed by atoms with E-state index in [1.165, 1.54) is 12.4 Å². The Kier molecular flexibility index (Phi) is 7.62. The monoisotopic (exact) mass is 372 g/mol. The third-order valence-corrected chi connectivity index (χ3v) is 4.07. The molecule has 24 heavy (non-hydrogen) atoms. The Hall–Kier alpha value is -2.17. The maximum Gasteiger partial charge on any atom is 0.284 e. The number of hydrogen-bond donors (Lipinski definition) is 2. The number of nitro benzene ring substituents is 1. The maximum atomic E-state index is 12.0. The van der Waals surface area contributed by atoms with Crippen molar-refractivity contribution in [2.75, 3.05) is 20.1 Å². The number of aromatic nitrogens is 3. The molecule has 1 amide bonds. The lowest BCUT2D eigenvalue weighted by Crippen LogP contribution is -2.30. The van der Waals surface area contributed by atoms with Crippen LogP contribution < -0.4 is 10.6 Å². The molecule has 0 saturated heterocycles. The minimum Gasteiger partial charge on any atom is -0.351 e. The molecule has 130 valence electrons. The summed E-state index contributed by atoms with van der Waals surface area (Å²) >= 11 is 1.12. The number of carbonyl (C=O) groups is 1. The zero-order valence-corrected chi connectivity index (χ0v) is 14.7. The number of nitrogens with zero attached hydrogens (tertiary/aromatic N) is 4. The van der Waals surface area contributed by atoms with Crippen molar-refractivity contribution >= 4 is 35.8 Å². The third-order valence-electron chi connectivity index (χ3n) is 2.95. The Labute approximate surface area is 148 Å². The van der Waals surface area contributed by atoms with Gasteiger partial charge >= 0.3 is 0 Å². The number of aryl methyl sites for hydroxylation is 1. The molecule has 1 aromatic heterocycles. The minimum absolute atomic E-state index is 0. The minimum atomic E-state index is -0.511. The first kappa shape index (κ1) is 19.9. The summed E-state index contributed by atoms with van der Waals surface area (Å²) in [6.07, 6.45) is 1.51. The van der Waals surface area contributed by atoms with Gasteiger partial charge in [0.05, 0.1) is 9.82 Å². The van der Waals surface area contributed by atoms with Gasteiger partial charge in [-0.15, -0.1) is 22.6 Å². The van der Waals surface area contributed by atoms with E-state index in [4.69, 9.17) is 0 Å². The summed E-state index contributed by atoms with van der Waals surface area (Å²) in [7, 11) is 3.52. The molecule has 0 atom stereocenters. The molecule has 2 aromatic rings. The Morgan fingerprint density at radius 3 is 2.75 bits per heavy atom. The third kappa shape index (κ3) is 4.91. The lowest BCUT2D eigenvalue weighted by molar-refractivity contribution is -0.387. The Balaban J connectivity index is 0.00000288. The number of carbonyl (C=O) groups excluding carboxylic acids is 1. The predicted molar refractivity (Wildman–Crippen MR) is 91.7 cm³/mol. The second kappa shape index (κ2) is 9.21. The van der Waals surface area contributed by atoms with Crippen LogP contribution in [0.4, 0.5) is 5.69 Å². The average molecular weight is 373 g/mol. The Bertz CT molecular complexity index is 723. The van der Waals surface area contributed by atoms with Crippen molar-refractivity contribution in [2.45, 2.75) is 10.1 Å². The van der Waals surface area contributed by atoms with Gasteiger partial charge in [0.15, 0.2) is 5.16 Å². The summed E-state index contributed by atoms with van der Waals surface area (Å²) in [5.74, 6) is -0.349. The molecule has 0 radical (unpaired) electrons. The Morgan fingerprint density at radius 1 is 1.42 bits per heavy atom. The zero-order chi connectivity index (χ0) is 16.8. The number of nitrogens with one attached hydrogen (secondary N) is 2. The van der Waals surface area contributed by atoms with Crippen molar-refractivity contribution in [1.82, 2.24) is 25.4 Å². The molecule has 0 aliphatic rings. The van der Waals surface area contributed by atoms with Crippen LogP contribution in [0.1, 0.15) is 10.4 Å². The number of amides is 1. The van der Waals surface area contributed by atoms with E-state index < -0.39 is 4.92 Å². The summed E-state index contributed by atoms with van der Waals surface area (Å²) in [6, 6.07) is 4.37. The number of likely N-dealkylation sites (N-methyl/N-ethyl adjacent to an activating group) is 1. The largest absolute Gasteiger partial charge is 0.351 e. The van der Waals surface area contributed by atoms with Gasteiger partial charge < -0.3 is 15.2 Å². The number of nitro groups is 1. The van der Waals surface area contributed by atoms with E-state index in [0.29, 0.717) is 23.1 Å². The number of benzene rings is 1. The molecular weight excluding hydrogens is 356 g/mol. The van der Waals surface area contributed by atoms with E-state index in [0.717, 1.165) is 11.8 Å². The van der Waals surface area contributed by atoms with Gasteiger partial charge in [-0.2, -0.15) is 0 Å². The van der Waals surface area contributed by atoms with Crippen molar-refractivity contribution < 1.29 is 9.72 Å². The lowest BCUT2D eigenvalue weighted by Gasteiger charge is -2.07. The van der Waals surface area contributed by atoms with Crippen molar-refractivity contribution in [3.63, 3.8) is 0 Å². The van der Waals surface area contributed by atoms with Crippen LogP contribution in [0.25, 0.3) is 0 Å². The second-order valence-electron chi connectivity index (χ2n) is 4.63. The highest BCUT2D eigenvalue weighted by atomic mass is 35.5. The molecule has 0 aliphatic heterocycles. The zero-order valence-electron chi connectivity index (χ0n) is 13.1. The van der Waals surface area contributed by atoms with E-state index in [9.17, 15) is 14.9 Å². The molecule has 2 N–H and O–H groups in total. The van der Waals surface area contributed by atoms with Gasteiger partial charge in [-0.3, -0.25) is 14.9 Å². The van der Waals surface area contributed by atoms with Gasteiger partial charge in [0.2, 0.25) is 0 Å². The van der Waals surface area contributed by atoms with Gasteiger partial charge in [0.25, 0.3) is 11.6 Å². The van der Waals surface area contributed by atoms with Crippen LogP contribution in [0.2, 0.25) is 0 Å². The van der Waals surface area contributed by atoms with Crippen molar-refractivity contribution in [3.8, 4) is 0 Å². The van der Waals surface area contributed by atoms with Gasteiger partial charge in [-0.1, -0.05) is 0 Å². The molecular formula is C13H17ClN6O3S. The molecule has 0 spiro atoms. The van der Waals surface area contributed by atoms with Crippen LogP contribution in [-0.2, 0) is 7.05 Å². The number of rotatable bonds is 7. The summed E-state index contributed by atoms with van der Waals surface area (Å²) in [6.45, 7) is 1.06. The highest BCUT2D eigenvalue weighted by Crippen LogP contribution is 2.34. The van der Waals surface area contributed by atoms with Gasteiger partial charge in [-0.25, -0.2) is 0 Å². The number of hydrogen-bond acceptors (Lipinski definition) is 7. The molecule has 11 heteroatoms. The second-order valence-corrected chi connectivity index (χ2v) is 5.63. The molecule has 1 aromatic carbocycles. The topological polar surface area (TPSA) is 115 Å². The van der Waals surface area contributed by atoms with Gasteiger partial charge in [0, 0.05) is 31.8 Å². The fourth-order valence-electron chi connectivity index (χ4n) is 1.75. The first-order valence-electron chi connectivity index (χ1n) is 6.76. The van der Waals surface area contributed by atoms with Gasteiger partial charge in [-0.05, 0) is 30.9 Å². The highest BCUT2D eigenvalue weighted by Gasteiger charge is 2.19. The summed E-state index contributed by atoms with van der Waals surface area (Å²) in [5.41, 5.74) is 0.106. The fraction of sp³-hybridized carbons (Fsp3) is 0.308. The van der Waals surface area contributed by atoms with Crippen LogP contribution in [0.5, 0.6) is 0 Å². The van der Waals surface area contributed by atoms with Crippen LogP contribution in [0.3, 0.4) is 0 Å². The molecule has 0 saturated carbocycles. The molecule has 0 aliphatic carbocycles. The summed E-state index contributed by atoms with van der Waals surface area (Å²) in [4.78, 5) is 23.1. The Morgan fingerprint density at radius 2 is 2.17 bits per heavy atom. The summed E-state index contributed by atoms with van der Waals surface area (Å²) in [5, 5.41) is 25.0. The maximum absolute atomic E-state index is 12.0. The highest BCUT2D eigenvalue weighted by molar-refractivity contribution is 7.99. The molecule has 0 unspecified atom stereocenters. The van der Waals surface area contributed by atoms with Crippen LogP contribution in [0, 0.1) is 10.1 Å². The quantitative estimate of drug-likeness (QED) is 0.427. The summed E-state index contributed by atoms with van der Waals surface area (Å²) < 4.78 is 1.66. The molecule has 2 rings (SSSR count). The normalized spacial score (nSPS) is 10.1. The van der Waals surface area contributed by atoms with E-state index >= 15 is 0 Å². The molecule has 0 fully saturated rings. The first-order chi connectivity index (χ1) is 11.0.